The molecule has 1 fully saturated rings. The average molecular weight is 221 g/mol. The van der Waals surface area contributed by atoms with E-state index in [4.69, 9.17) is 5.73 Å². The smallest absolute Gasteiger partial charge is 0.123 e. The van der Waals surface area contributed by atoms with Crippen LogP contribution in [0.3, 0.4) is 0 Å². The van der Waals surface area contributed by atoms with Crippen molar-refractivity contribution in [3.8, 4) is 0 Å². The van der Waals surface area contributed by atoms with E-state index in [0.717, 1.165) is 0 Å². The van der Waals surface area contributed by atoms with Crippen LogP contribution in [-0.2, 0) is 0 Å². The van der Waals surface area contributed by atoms with Gasteiger partial charge in [0.25, 0.3) is 0 Å². The molecule has 0 amide bonds. The van der Waals surface area contributed by atoms with Crippen molar-refractivity contribution < 1.29 is 4.39 Å². The zero-order chi connectivity index (χ0) is 11.4. The third-order valence-electron chi connectivity index (χ3n) is 3.77. The Kier molecular flexibility index (Phi) is 3.94. The normalized spacial score (nSPS) is 19.6. The summed E-state index contributed by atoms with van der Waals surface area (Å²) in [4.78, 5) is 0. The standard InChI is InChI=1S/C14H20FN/c15-13-8-6-12(7-9-13)14(10-16)11-4-2-1-3-5-11/h6-9,11,14H,1-5,10,16H2/t14-/m1/s1. The van der Waals surface area contributed by atoms with Crippen LogP contribution in [0.4, 0.5) is 4.39 Å². The molecule has 1 aromatic carbocycles. The maximum atomic E-state index is 12.9. The van der Waals surface area contributed by atoms with Crippen LogP contribution in [-0.4, -0.2) is 6.54 Å². The van der Waals surface area contributed by atoms with Gasteiger partial charge in [0.15, 0.2) is 0 Å². The molecule has 2 N–H and O–H groups in total. The van der Waals surface area contributed by atoms with E-state index in [1.54, 1.807) is 12.1 Å². The first-order valence-electron chi connectivity index (χ1n) is 6.27. The molecule has 2 rings (SSSR count). The zero-order valence-electron chi connectivity index (χ0n) is 9.66. The minimum atomic E-state index is -0.164. The van der Waals surface area contributed by atoms with Gasteiger partial charge in [-0.3, -0.25) is 0 Å². The van der Waals surface area contributed by atoms with Crippen molar-refractivity contribution in [3.05, 3.63) is 35.6 Å². The van der Waals surface area contributed by atoms with Gasteiger partial charge in [-0.15, -0.1) is 0 Å². The van der Waals surface area contributed by atoms with Gasteiger partial charge >= 0.3 is 0 Å². The molecule has 1 aromatic rings. The van der Waals surface area contributed by atoms with Crippen LogP contribution in [0.2, 0.25) is 0 Å². The molecule has 0 aliphatic heterocycles. The fraction of sp³-hybridized carbons (Fsp3) is 0.571. The topological polar surface area (TPSA) is 26.0 Å². The number of halogens is 1. The highest BCUT2D eigenvalue weighted by Crippen LogP contribution is 2.35. The van der Waals surface area contributed by atoms with Crippen molar-refractivity contribution in [2.45, 2.75) is 38.0 Å². The number of hydrogen-bond acceptors (Lipinski definition) is 1. The summed E-state index contributed by atoms with van der Waals surface area (Å²) in [5.74, 6) is 0.952. The second-order valence-corrected chi connectivity index (χ2v) is 4.79. The van der Waals surface area contributed by atoms with Gasteiger partial charge in [-0.2, -0.15) is 0 Å². The van der Waals surface area contributed by atoms with Crippen LogP contribution in [0.25, 0.3) is 0 Å². The van der Waals surface area contributed by atoms with E-state index in [1.165, 1.54) is 37.7 Å². The third-order valence-corrected chi connectivity index (χ3v) is 3.77. The summed E-state index contributed by atoms with van der Waals surface area (Å²) in [6.45, 7) is 0.677. The number of nitrogens with two attached hydrogens (primary N) is 1. The van der Waals surface area contributed by atoms with E-state index in [0.29, 0.717) is 18.4 Å². The minimum Gasteiger partial charge on any atom is -0.330 e. The summed E-state index contributed by atoms with van der Waals surface area (Å²) in [5, 5.41) is 0. The van der Waals surface area contributed by atoms with Crippen molar-refractivity contribution in [2.24, 2.45) is 11.7 Å². The lowest BCUT2D eigenvalue weighted by atomic mass is 9.77. The summed E-state index contributed by atoms with van der Waals surface area (Å²) >= 11 is 0. The highest BCUT2D eigenvalue weighted by Gasteiger charge is 2.23. The van der Waals surface area contributed by atoms with Gasteiger partial charge in [0.2, 0.25) is 0 Å². The molecule has 1 nitrogen and oxygen atoms in total. The number of rotatable bonds is 3. The van der Waals surface area contributed by atoms with Crippen molar-refractivity contribution in [1.82, 2.24) is 0 Å². The molecule has 1 atom stereocenters. The van der Waals surface area contributed by atoms with Gasteiger partial charge in [-0.25, -0.2) is 4.39 Å². The molecular formula is C14H20FN. The van der Waals surface area contributed by atoms with Crippen LogP contribution < -0.4 is 5.73 Å². The van der Waals surface area contributed by atoms with Gasteiger partial charge in [0, 0.05) is 0 Å². The molecule has 1 aliphatic rings. The van der Waals surface area contributed by atoms with E-state index in [2.05, 4.69) is 0 Å². The molecule has 0 saturated heterocycles. The van der Waals surface area contributed by atoms with E-state index in [9.17, 15) is 4.39 Å². The summed E-state index contributed by atoms with van der Waals surface area (Å²) in [7, 11) is 0. The Labute approximate surface area is 96.9 Å². The quantitative estimate of drug-likeness (QED) is 0.831. The largest absolute Gasteiger partial charge is 0.330 e. The minimum absolute atomic E-state index is 0.164. The van der Waals surface area contributed by atoms with Crippen LogP contribution in [0.15, 0.2) is 24.3 Å². The van der Waals surface area contributed by atoms with Gasteiger partial charge in [-0.05, 0) is 48.9 Å². The molecule has 0 aromatic heterocycles. The Morgan fingerprint density at radius 1 is 1.12 bits per heavy atom. The Hall–Kier alpha value is -0.890. The zero-order valence-corrected chi connectivity index (χ0v) is 9.66. The van der Waals surface area contributed by atoms with Gasteiger partial charge in [0.05, 0.1) is 0 Å². The second-order valence-electron chi connectivity index (χ2n) is 4.79. The van der Waals surface area contributed by atoms with Crippen molar-refractivity contribution >= 4 is 0 Å². The third kappa shape index (κ3) is 2.62. The predicted octanol–water partition coefficient (Wildman–Crippen LogP) is 3.45. The van der Waals surface area contributed by atoms with Gasteiger partial charge < -0.3 is 5.73 Å². The maximum Gasteiger partial charge on any atom is 0.123 e. The Balaban J connectivity index is 2.11. The molecule has 0 heterocycles. The van der Waals surface area contributed by atoms with Crippen LogP contribution in [0, 0.1) is 11.7 Å². The van der Waals surface area contributed by atoms with E-state index < -0.39 is 0 Å². The Bertz CT molecular complexity index is 314. The fourth-order valence-corrected chi connectivity index (χ4v) is 2.85. The van der Waals surface area contributed by atoms with Crippen molar-refractivity contribution in [1.29, 1.82) is 0 Å². The summed E-state index contributed by atoms with van der Waals surface area (Å²) in [6, 6.07) is 6.87. The van der Waals surface area contributed by atoms with Gasteiger partial charge in [0.1, 0.15) is 5.82 Å². The monoisotopic (exact) mass is 221 g/mol. The molecule has 1 aliphatic carbocycles. The Morgan fingerprint density at radius 3 is 2.31 bits per heavy atom. The van der Waals surface area contributed by atoms with E-state index >= 15 is 0 Å². The lowest BCUT2D eigenvalue weighted by Gasteiger charge is -2.29. The molecular weight excluding hydrogens is 201 g/mol. The predicted molar refractivity (Wildman–Crippen MR) is 64.8 cm³/mol. The van der Waals surface area contributed by atoms with Gasteiger partial charge in [-0.1, -0.05) is 31.4 Å². The second kappa shape index (κ2) is 5.44. The first-order valence-corrected chi connectivity index (χ1v) is 6.27. The molecule has 0 unspecified atom stereocenters. The summed E-state index contributed by atoms with van der Waals surface area (Å²) in [5.41, 5.74) is 7.08. The van der Waals surface area contributed by atoms with Crippen molar-refractivity contribution in [2.75, 3.05) is 6.54 Å². The lowest BCUT2D eigenvalue weighted by Crippen LogP contribution is -2.23. The fourth-order valence-electron chi connectivity index (χ4n) is 2.85. The highest BCUT2D eigenvalue weighted by molar-refractivity contribution is 5.21. The first-order chi connectivity index (χ1) is 7.81. The molecule has 16 heavy (non-hydrogen) atoms. The summed E-state index contributed by atoms with van der Waals surface area (Å²) in [6.07, 6.45) is 6.56. The number of hydrogen-bond donors (Lipinski definition) is 1. The van der Waals surface area contributed by atoms with Crippen LogP contribution >= 0.6 is 0 Å². The summed E-state index contributed by atoms with van der Waals surface area (Å²) < 4.78 is 12.9. The lowest BCUT2D eigenvalue weighted by molar-refractivity contribution is 0.307. The molecule has 1 saturated carbocycles. The molecule has 0 radical (unpaired) electrons. The Morgan fingerprint density at radius 2 is 1.75 bits per heavy atom. The molecule has 0 bridgehead atoms. The maximum absolute atomic E-state index is 12.9. The molecule has 2 heteroatoms. The highest BCUT2D eigenvalue weighted by atomic mass is 19.1. The van der Waals surface area contributed by atoms with Crippen LogP contribution in [0.1, 0.15) is 43.6 Å². The molecule has 88 valence electrons. The van der Waals surface area contributed by atoms with E-state index in [1.807, 2.05) is 12.1 Å². The molecule has 0 spiro atoms. The SMILES string of the molecule is NC[C@@H](c1ccc(F)cc1)C1CCCCC1. The number of benzene rings is 1. The average Bonchev–Trinajstić information content (AvgIpc) is 2.34. The first kappa shape index (κ1) is 11.6. The van der Waals surface area contributed by atoms with Crippen molar-refractivity contribution in [3.63, 3.8) is 0 Å². The van der Waals surface area contributed by atoms with E-state index in [-0.39, 0.29) is 5.82 Å². The van der Waals surface area contributed by atoms with Crippen LogP contribution in [0.5, 0.6) is 0 Å².